The minimum absolute atomic E-state index is 0.278. The minimum Gasteiger partial charge on any atom is -0.329 e. The average Bonchev–Trinajstić information content (AvgIpc) is 3.30. The van der Waals surface area contributed by atoms with Gasteiger partial charge in [0.1, 0.15) is 12.1 Å². The number of nitrogens with one attached hydrogen (secondary N) is 1. The Morgan fingerprint density at radius 2 is 1.61 bits per heavy atom. The molecule has 1 N–H and O–H groups in total. The van der Waals surface area contributed by atoms with Crippen LogP contribution < -0.4 is 5.32 Å². The molecule has 2 unspecified atom stereocenters. The third-order valence-electron chi connectivity index (χ3n) is 5.54. The lowest BCUT2D eigenvalue weighted by molar-refractivity contribution is -0.139. The summed E-state index contributed by atoms with van der Waals surface area (Å²) < 4.78 is 0. The van der Waals surface area contributed by atoms with Gasteiger partial charge in [0.05, 0.1) is 11.1 Å². The van der Waals surface area contributed by atoms with Crippen LogP contribution in [0.2, 0.25) is 10.0 Å². The first-order valence-corrected chi connectivity index (χ1v) is 10.6. The van der Waals surface area contributed by atoms with Crippen LogP contribution in [0.15, 0.2) is 42.5 Å². The number of likely N-dealkylation sites (tertiary alicyclic amines) is 1. The monoisotopic (exact) mass is 459 g/mol. The number of carbonyl (C=O) groups is 4. The first kappa shape index (κ1) is 21.3. The lowest BCUT2D eigenvalue weighted by Crippen LogP contribution is -2.52. The van der Waals surface area contributed by atoms with Crippen molar-refractivity contribution in [3.63, 3.8) is 0 Å². The second-order valence-electron chi connectivity index (χ2n) is 7.54. The van der Waals surface area contributed by atoms with Crippen molar-refractivity contribution in [2.45, 2.75) is 31.8 Å². The molecular formula is C22H19Cl2N3O4. The molecule has 2 aliphatic rings. The predicted molar refractivity (Wildman–Crippen MR) is 116 cm³/mol. The predicted octanol–water partition coefficient (Wildman–Crippen LogP) is 3.61. The Hall–Kier alpha value is -2.90. The average molecular weight is 460 g/mol. The van der Waals surface area contributed by atoms with E-state index in [4.69, 9.17) is 23.2 Å². The third kappa shape index (κ3) is 3.91. The Labute approximate surface area is 188 Å². The highest BCUT2D eigenvalue weighted by atomic mass is 35.5. The second-order valence-corrected chi connectivity index (χ2v) is 8.41. The van der Waals surface area contributed by atoms with Crippen LogP contribution in [0.3, 0.4) is 0 Å². The highest BCUT2D eigenvalue weighted by Crippen LogP contribution is 2.28. The van der Waals surface area contributed by atoms with Crippen molar-refractivity contribution in [2.75, 3.05) is 11.9 Å². The van der Waals surface area contributed by atoms with Gasteiger partial charge in [0, 0.05) is 22.3 Å². The summed E-state index contributed by atoms with van der Waals surface area (Å²) in [6, 6.07) is 9.40. The molecule has 0 aliphatic carbocycles. The van der Waals surface area contributed by atoms with E-state index >= 15 is 0 Å². The van der Waals surface area contributed by atoms with Crippen LogP contribution in [0.4, 0.5) is 5.69 Å². The molecule has 2 aliphatic heterocycles. The number of amides is 4. The van der Waals surface area contributed by atoms with E-state index in [2.05, 4.69) is 5.32 Å². The zero-order valence-corrected chi connectivity index (χ0v) is 18.1. The molecule has 2 atom stereocenters. The van der Waals surface area contributed by atoms with Crippen molar-refractivity contribution in [1.82, 2.24) is 9.80 Å². The minimum atomic E-state index is -1.03. The number of imide groups is 1. The Morgan fingerprint density at radius 1 is 1.03 bits per heavy atom. The molecule has 7 nitrogen and oxygen atoms in total. The van der Waals surface area contributed by atoms with Crippen molar-refractivity contribution < 1.29 is 19.2 Å². The maximum absolute atomic E-state index is 13.2. The molecule has 31 heavy (non-hydrogen) atoms. The Balaban J connectivity index is 1.51. The number of carbonyl (C=O) groups excluding carboxylic acids is 4. The van der Waals surface area contributed by atoms with E-state index in [9.17, 15) is 19.2 Å². The van der Waals surface area contributed by atoms with Gasteiger partial charge in [-0.15, -0.1) is 0 Å². The maximum Gasteiger partial charge on any atom is 0.262 e. The van der Waals surface area contributed by atoms with Crippen LogP contribution in [-0.4, -0.2) is 52.1 Å². The van der Waals surface area contributed by atoms with Crippen LogP contribution in [0.1, 0.15) is 40.5 Å². The summed E-state index contributed by atoms with van der Waals surface area (Å²) in [4.78, 5) is 53.9. The number of benzene rings is 2. The topological polar surface area (TPSA) is 86.8 Å². The smallest absolute Gasteiger partial charge is 0.262 e. The summed E-state index contributed by atoms with van der Waals surface area (Å²) in [5, 5.41) is 3.49. The zero-order chi connectivity index (χ0) is 22.3. The zero-order valence-electron chi connectivity index (χ0n) is 16.6. The van der Waals surface area contributed by atoms with Crippen molar-refractivity contribution in [3.8, 4) is 0 Å². The summed E-state index contributed by atoms with van der Waals surface area (Å²) >= 11 is 12.0. The highest BCUT2D eigenvalue weighted by Gasteiger charge is 2.44. The van der Waals surface area contributed by atoms with Gasteiger partial charge in [-0.25, -0.2) is 0 Å². The largest absolute Gasteiger partial charge is 0.329 e. The van der Waals surface area contributed by atoms with Gasteiger partial charge in [-0.05, 0) is 50.1 Å². The molecule has 0 spiro atoms. The molecule has 0 radical (unpaired) electrons. The van der Waals surface area contributed by atoms with E-state index in [0.717, 1.165) is 4.90 Å². The fourth-order valence-electron chi connectivity index (χ4n) is 4.06. The summed E-state index contributed by atoms with van der Waals surface area (Å²) in [6.45, 7) is 1.87. The van der Waals surface area contributed by atoms with Crippen molar-refractivity contribution in [3.05, 3.63) is 63.6 Å². The highest BCUT2D eigenvalue weighted by molar-refractivity contribution is 6.35. The fraction of sp³-hybridized carbons (Fsp3) is 0.273. The first-order chi connectivity index (χ1) is 14.8. The number of hydrogen-bond donors (Lipinski definition) is 1. The van der Waals surface area contributed by atoms with E-state index in [0.29, 0.717) is 35.1 Å². The molecule has 2 heterocycles. The summed E-state index contributed by atoms with van der Waals surface area (Å²) in [6.07, 6.45) is 1.11. The van der Waals surface area contributed by atoms with Gasteiger partial charge in [-0.3, -0.25) is 24.1 Å². The SMILES string of the molecule is CC(C(=O)N1CCCC1C(=O)Nc1cc(Cl)cc(Cl)c1)N1C(=O)c2ccccc2C1=O. The van der Waals surface area contributed by atoms with E-state index in [1.807, 2.05) is 0 Å². The number of fused-ring (bicyclic) bond motifs is 1. The van der Waals surface area contributed by atoms with Crippen LogP contribution >= 0.6 is 23.2 Å². The molecule has 1 saturated heterocycles. The number of halogens is 2. The van der Waals surface area contributed by atoms with Crippen LogP contribution in [0.25, 0.3) is 0 Å². The summed E-state index contributed by atoms with van der Waals surface area (Å²) in [7, 11) is 0. The van der Waals surface area contributed by atoms with Gasteiger partial charge in [0.25, 0.3) is 11.8 Å². The quantitative estimate of drug-likeness (QED) is 0.707. The Bertz CT molecular complexity index is 1050. The van der Waals surface area contributed by atoms with Gasteiger partial charge in [-0.1, -0.05) is 35.3 Å². The van der Waals surface area contributed by atoms with Gasteiger partial charge in [0.2, 0.25) is 11.8 Å². The number of anilines is 1. The van der Waals surface area contributed by atoms with Crippen LogP contribution in [-0.2, 0) is 9.59 Å². The van der Waals surface area contributed by atoms with E-state index in [-0.39, 0.29) is 17.0 Å². The van der Waals surface area contributed by atoms with Crippen LogP contribution in [0, 0.1) is 0 Å². The maximum atomic E-state index is 13.2. The van der Waals surface area contributed by atoms with E-state index in [1.54, 1.807) is 42.5 Å². The number of hydrogen-bond acceptors (Lipinski definition) is 4. The molecule has 1 fully saturated rings. The van der Waals surface area contributed by atoms with Crippen molar-refractivity contribution in [2.24, 2.45) is 0 Å². The molecule has 4 rings (SSSR count). The second kappa shape index (κ2) is 8.32. The number of nitrogens with zero attached hydrogens (tertiary/aromatic N) is 2. The molecule has 2 aromatic carbocycles. The van der Waals surface area contributed by atoms with Gasteiger partial charge in [-0.2, -0.15) is 0 Å². The molecular weight excluding hydrogens is 441 g/mol. The van der Waals surface area contributed by atoms with Gasteiger partial charge in [0.15, 0.2) is 0 Å². The third-order valence-corrected chi connectivity index (χ3v) is 5.98. The molecule has 4 amide bonds. The van der Waals surface area contributed by atoms with Crippen molar-refractivity contribution in [1.29, 1.82) is 0 Å². The number of rotatable bonds is 4. The fourth-order valence-corrected chi connectivity index (χ4v) is 4.59. The normalized spacial score (nSPS) is 18.9. The molecule has 0 saturated carbocycles. The van der Waals surface area contributed by atoms with E-state index < -0.39 is 29.8 Å². The summed E-state index contributed by atoms with van der Waals surface area (Å²) in [5.74, 6) is -1.83. The molecule has 160 valence electrons. The van der Waals surface area contributed by atoms with Gasteiger partial charge >= 0.3 is 0 Å². The molecule has 2 aromatic rings. The Morgan fingerprint density at radius 3 is 2.19 bits per heavy atom. The molecule has 9 heteroatoms. The first-order valence-electron chi connectivity index (χ1n) is 9.82. The Kier molecular flexibility index (Phi) is 5.73. The molecule has 0 aromatic heterocycles. The van der Waals surface area contributed by atoms with Crippen LogP contribution in [0.5, 0.6) is 0 Å². The summed E-state index contributed by atoms with van der Waals surface area (Å²) in [5.41, 5.74) is 0.983. The van der Waals surface area contributed by atoms with Gasteiger partial charge < -0.3 is 10.2 Å². The van der Waals surface area contributed by atoms with Crippen molar-refractivity contribution >= 4 is 52.5 Å². The lowest BCUT2D eigenvalue weighted by Gasteiger charge is -2.30. The standard InChI is InChI=1S/C22H19Cl2N3O4/c1-12(27-21(30)16-5-2-3-6-17(16)22(27)31)20(29)26-8-4-7-18(26)19(28)25-15-10-13(23)9-14(24)11-15/h2-3,5-6,9-12,18H,4,7-8H2,1H3,(H,25,28). The molecule has 0 bridgehead atoms. The lowest BCUT2D eigenvalue weighted by atomic mass is 10.1. The van der Waals surface area contributed by atoms with E-state index in [1.165, 1.54) is 11.8 Å².